The molecule has 0 atom stereocenters. The van der Waals surface area contributed by atoms with Crippen molar-refractivity contribution in [1.29, 1.82) is 0 Å². The number of nitrogens with zero attached hydrogens (tertiary/aromatic N) is 1. The zero-order valence-corrected chi connectivity index (χ0v) is 13.9. The summed E-state index contributed by atoms with van der Waals surface area (Å²) in [4.78, 5) is 14.3. The molecule has 1 aliphatic rings. The van der Waals surface area contributed by atoms with Gasteiger partial charge in [0.1, 0.15) is 0 Å². The minimum Gasteiger partial charge on any atom is -0.338 e. The molecule has 0 spiro atoms. The molecule has 0 unspecified atom stereocenters. The van der Waals surface area contributed by atoms with Crippen molar-refractivity contribution in [3.05, 3.63) is 23.3 Å². The number of hydrogen-bond donors (Lipinski definition) is 0. The molecule has 0 heterocycles. The third-order valence-electron chi connectivity index (χ3n) is 3.58. The van der Waals surface area contributed by atoms with Crippen molar-refractivity contribution in [2.75, 3.05) is 13.1 Å². The van der Waals surface area contributed by atoms with Crippen LogP contribution in [-0.2, 0) is 4.79 Å². The first-order valence-corrected chi connectivity index (χ1v) is 7.98. The van der Waals surface area contributed by atoms with Crippen LogP contribution in [0.1, 0.15) is 60.3 Å². The molecule has 0 saturated heterocycles. The Kier molecular flexibility index (Phi) is 7.04. The van der Waals surface area contributed by atoms with Crippen LogP contribution in [0.4, 0.5) is 0 Å². The van der Waals surface area contributed by atoms with Gasteiger partial charge in [-0.3, -0.25) is 4.79 Å². The van der Waals surface area contributed by atoms with Crippen LogP contribution in [0.2, 0.25) is 0 Å². The molecule has 0 radical (unpaired) electrons. The van der Waals surface area contributed by atoms with E-state index in [0.717, 1.165) is 38.8 Å². The predicted molar refractivity (Wildman–Crippen MR) is 86.6 cm³/mol. The molecule has 2 nitrogen and oxygen atoms in total. The normalized spacial score (nSPS) is 15.4. The van der Waals surface area contributed by atoms with Gasteiger partial charge < -0.3 is 4.90 Å². The fourth-order valence-electron chi connectivity index (χ4n) is 2.24. The molecule has 0 aliphatic heterocycles. The van der Waals surface area contributed by atoms with Gasteiger partial charge in [-0.15, -0.1) is 0 Å². The van der Waals surface area contributed by atoms with Crippen LogP contribution < -0.4 is 0 Å². The maximum Gasteiger partial charge on any atom is 0.225 e. The van der Waals surface area contributed by atoms with Gasteiger partial charge in [0, 0.05) is 19.0 Å². The number of hydrogen-bond acceptors (Lipinski definition) is 1. The van der Waals surface area contributed by atoms with E-state index in [4.69, 9.17) is 0 Å². The van der Waals surface area contributed by atoms with Crippen LogP contribution in [0.5, 0.6) is 0 Å². The lowest BCUT2D eigenvalue weighted by Crippen LogP contribution is -2.35. The first-order valence-electron chi connectivity index (χ1n) is 7.98. The molecule has 20 heavy (non-hydrogen) atoms. The van der Waals surface area contributed by atoms with Crippen LogP contribution in [0.3, 0.4) is 0 Å². The number of rotatable bonds is 8. The first-order chi connectivity index (χ1) is 9.40. The molecule has 1 fully saturated rings. The fraction of sp³-hybridized carbons (Fsp3) is 0.722. The third-order valence-corrected chi connectivity index (χ3v) is 3.58. The lowest BCUT2D eigenvalue weighted by Gasteiger charge is -2.23. The molecule has 0 aromatic rings. The lowest BCUT2D eigenvalue weighted by atomic mass is 10.1. The molecule has 1 aliphatic carbocycles. The Hall–Kier alpha value is -1.05. The van der Waals surface area contributed by atoms with Crippen molar-refractivity contribution in [3.63, 3.8) is 0 Å². The Labute approximate surface area is 124 Å². The van der Waals surface area contributed by atoms with Crippen LogP contribution in [0, 0.1) is 11.8 Å². The SMILES string of the molecule is CC(C)=CCC/C(C)=C/CN(CC(C)C)C(=O)C1CC1. The van der Waals surface area contributed by atoms with Gasteiger partial charge in [-0.2, -0.15) is 0 Å². The highest BCUT2D eigenvalue weighted by Gasteiger charge is 2.33. The lowest BCUT2D eigenvalue weighted by molar-refractivity contribution is -0.132. The average Bonchev–Trinajstić information content (AvgIpc) is 3.16. The van der Waals surface area contributed by atoms with E-state index in [9.17, 15) is 4.79 Å². The maximum absolute atomic E-state index is 12.2. The molecule has 1 amide bonds. The molecular formula is C18H31NO. The summed E-state index contributed by atoms with van der Waals surface area (Å²) in [6.07, 6.45) is 8.90. The van der Waals surface area contributed by atoms with E-state index in [1.165, 1.54) is 11.1 Å². The van der Waals surface area contributed by atoms with Gasteiger partial charge in [0.15, 0.2) is 0 Å². The Morgan fingerprint density at radius 1 is 1.20 bits per heavy atom. The van der Waals surface area contributed by atoms with Gasteiger partial charge in [-0.25, -0.2) is 0 Å². The monoisotopic (exact) mass is 277 g/mol. The average molecular weight is 277 g/mol. The van der Waals surface area contributed by atoms with Gasteiger partial charge in [-0.05, 0) is 52.4 Å². The topological polar surface area (TPSA) is 20.3 Å². The molecule has 0 aromatic heterocycles. The third kappa shape index (κ3) is 6.93. The smallest absolute Gasteiger partial charge is 0.225 e. The highest BCUT2D eigenvalue weighted by atomic mass is 16.2. The zero-order chi connectivity index (χ0) is 15.1. The van der Waals surface area contributed by atoms with E-state index in [-0.39, 0.29) is 0 Å². The van der Waals surface area contributed by atoms with Gasteiger partial charge in [0.25, 0.3) is 0 Å². The number of carbonyl (C=O) groups excluding carboxylic acids is 1. The van der Waals surface area contributed by atoms with Gasteiger partial charge in [0.05, 0.1) is 0 Å². The summed E-state index contributed by atoms with van der Waals surface area (Å²) in [5, 5.41) is 0. The van der Waals surface area contributed by atoms with Crippen molar-refractivity contribution < 1.29 is 4.79 Å². The number of allylic oxidation sites excluding steroid dienone is 3. The quantitative estimate of drug-likeness (QED) is 0.595. The van der Waals surface area contributed by atoms with E-state index in [1.807, 2.05) is 4.90 Å². The molecule has 1 rings (SSSR count). The fourth-order valence-corrected chi connectivity index (χ4v) is 2.24. The van der Waals surface area contributed by atoms with Crippen molar-refractivity contribution in [3.8, 4) is 0 Å². The van der Waals surface area contributed by atoms with E-state index < -0.39 is 0 Å². The number of carbonyl (C=O) groups is 1. The maximum atomic E-state index is 12.2. The summed E-state index contributed by atoms with van der Waals surface area (Å²) in [6, 6.07) is 0. The van der Waals surface area contributed by atoms with E-state index in [0.29, 0.717) is 17.7 Å². The highest BCUT2D eigenvalue weighted by Crippen LogP contribution is 2.31. The zero-order valence-electron chi connectivity index (χ0n) is 13.9. The minimum absolute atomic E-state index is 0.327. The Morgan fingerprint density at radius 2 is 1.85 bits per heavy atom. The number of amides is 1. The molecule has 0 bridgehead atoms. The molecule has 0 N–H and O–H groups in total. The minimum atomic E-state index is 0.327. The second kappa shape index (κ2) is 8.28. The summed E-state index contributed by atoms with van der Waals surface area (Å²) in [5.41, 5.74) is 2.77. The largest absolute Gasteiger partial charge is 0.338 e. The van der Waals surface area contributed by atoms with Gasteiger partial charge in [-0.1, -0.05) is 37.1 Å². The second-order valence-corrected chi connectivity index (χ2v) is 6.78. The summed E-state index contributed by atoms with van der Waals surface area (Å²) in [5.74, 6) is 1.23. The van der Waals surface area contributed by atoms with Crippen molar-refractivity contribution >= 4 is 5.91 Å². The second-order valence-electron chi connectivity index (χ2n) is 6.78. The molecular weight excluding hydrogens is 246 g/mol. The molecule has 2 heteroatoms. The van der Waals surface area contributed by atoms with Crippen molar-refractivity contribution in [1.82, 2.24) is 4.90 Å². The molecule has 1 saturated carbocycles. The Balaban J connectivity index is 2.47. The van der Waals surface area contributed by atoms with Gasteiger partial charge in [0.2, 0.25) is 5.91 Å². The molecule has 0 aromatic carbocycles. The summed E-state index contributed by atoms with van der Waals surface area (Å²) in [6.45, 7) is 12.5. The van der Waals surface area contributed by atoms with E-state index in [2.05, 4.69) is 46.8 Å². The van der Waals surface area contributed by atoms with E-state index in [1.54, 1.807) is 0 Å². The molecule has 114 valence electrons. The highest BCUT2D eigenvalue weighted by molar-refractivity contribution is 5.81. The summed E-state index contributed by atoms with van der Waals surface area (Å²) < 4.78 is 0. The predicted octanol–water partition coefficient (Wildman–Crippen LogP) is 4.57. The summed E-state index contributed by atoms with van der Waals surface area (Å²) in [7, 11) is 0. The van der Waals surface area contributed by atoms with Crippen molar-refractivity contribution in [2.45, 2.75) is 60.3 Å². The standard InChI is InChI=1S/C18H31NO/c1-14(2)7-6-8-16(5)11-12-19(13-15(3)4)18(20)17-9-10-17/h7,11,15,17H,6,8-10,12-13H2,1-5H3/b16-11+. The van der Waals surface area contributed by atoms with E-state index >= 15 is 0 Å². The van der Waals surface area contributed by atoms with Crippen LogP contribution in [0.25, 0.3) is 0 Å². The van der Waals surface area contributed by atoms with Crippen LogP contribution in [0.15, 0.2) is 23.3 Å². The van der Waals surface area contributed by atoms with Gasteiger partial charge >= 0.3 is 0 Å². The Bertz CT molecular complexity index is 371. The first kappa shape index (κ1) is 17.0. The Morgan fingerprint density at radius 3 is 2.35 bits per heavy atom. The van der Waals surface area contributed by atoms with Crippen LogP contribution >= 0.6 is 0 Å². The van der Waals surface area contributed by atoms with Crippen LogP contribution in [-0.4, -0.2) is 23.9 Å². The summed E-state index contributed by atoms with van der Waals surface area (Å²) >= 11 is 0. The van der Waals surface area contributed by atoms with Crippen molar-refractivity contribution in [2.24, 2.45) is 11.8 Å².